The molecule has 1 aromatic carbocycles. The van der Waals surface area contributed by atoms with Gasteiger partial charge in [-0.2, -0.15) is 5.26 Å². The minimum Gasteiger partial charge on any atom is -0.439 e. The van der Waals surface area contributed by atoms with Crippen molar-refractivity contribution in [3.8, 4) is 17.7 Å². The number of aromatic nitrogens is 1. The lowest BCUT2D eigenvalue weighted by Crippen LogP contribution is -1.89. The van der Waals surface area contributed by atoms with Crippen molar-refractivity contribution in [1.82, 2.24) is 4.98 Å². The zero-order valence-electron chi connectivity index (χ0n) is 8.93. The topological polar surface area (TPSA) is 45.9 Å². The molecule has 0 aliphatic rings. The Morgan fingerprint density at radius 3 is 2.82 bits per heavy atom. The summed E-state index contributed by atoms with van der Waals surface area (Å²) in [6.07, 6.45) is 1.75. The van der Waals surface area contributed by atoms with Gasteiger partial charge in [-0.3, -0.25) is 0 Å². The van der Waals surface area contributed by atoms with Crippen molar-refractivity contribution < 1.29 is 4.74 Å². The van der Waals surface area contributed by atoms with Gasteiger partial charge in [0.05, 0.1) is 11.6 Å². The van der Waals surface area contributed by atoms with Crippen molar-refractivity contribution in [2.45, 2.75) is 5.33 Å². The smallest absolute Gasteiger partial charge is 0.219 e. The summed E-state index contributed by atoms with van der Waals surface area (Å²) in [5.41, 5.74) is 1.66. The summed E-state index contributed by atoms with van der Waals surface area (Å²) >= 11 is 3.35. The average Bonchev–Trinajstić information content (AvgIpc) is 2.40. The molecule has 0 aliphatic carbocycles. The number of ether oxygens (including phenoxy) is 1. The number of rotatable bonds is 3. The predicted molar refractivity (Wildman–Crippen MR) is 68.1 cm³/mol. The number of halogens is 1. The number of hydrogen-bond acceptors (Lipinski definition) is 3. The van der Waals surface area contributed by atoms with E-state index in [-0.39, 0.29) is 0 Å². The molecule has 2 aromatic rings. The van der Waals surface area contributed by atoms with Gasteiger partial charge < -0.3 is 4.74 Å². The standard InChI is InChI=1S/C13H9BrN2O/c14-7-11-4-5-13(16-9-11)17-12-3-1-2-10(6-12)8-15/h1-6,9H,7H2. The van der Waals surface area contributed by atoms with E-state index in [0.717, 1.165) is 10.9 Å². The Kier molecular flexibility index (Phi) is 3.73. The Labute approximate surface area is 108 Å². The van der Waals surface area contributed by atoms with E-state index in [4.69, 9.17) is 10.00 Å². The lowest BCUT2D eigenvalue weighted by Gasteiger charge is -2.04. The van der Waals surface area contributed by atoms with Crippen LogP contribution in [0, 0.1) is 11.3 Å². The molecule has 0 bridgehead atoms. The highest BCUT2D eigenvalue weighted by Crippen LogP contribution is 2.20. The summed E-state index contributed by atoms with van der Waals surface area (Å²) in [6.45, 7) is 0. The number of benzene rings is 1. The number of pyridine rings is 1. The molecule has 0 aliphatic heterocycles. The van der Waals surface area contributed by atoms with Crippen LogP contribution < -0.4 is 4.74 Å². The molecule has 1 heterocycles. The SMILES string of the molecule is N#Cc1cccc(Oc2ccc(CBr)cn2)c1. The first-order valence-electron chi connectivity index (χ1n) is 5.01. The van der Waals surface area contributed by atoms with Crippen LogP contribution in [0.15, 0.2) is 42.6 Å². The van der Waals surface area contributed by atoms with E-state index in [1.807, 2.05) is 6.07 Å². The van der Waals surface area contributed by atoms with E-state index in [9.17, 15) is 0 Å². The lowest BCUT2D eigenvalue weighted by atomic mass is 10.2. The van der Waals surface area contributed by atoms with Crippen LogP contribution in [0.2, 0.25) is 0 Å². The summed E-state index contributed by atoms with van der Waals surface area (Å²) in [6, 6.07) is 12.8. The molecule has 84 valence electrons. The number of nitriles is 1. The van der Waals surface area contributed by atoms with E-state index in [1.54, 1.807) is 36.5 Å². The van der Waals surface area contributed by atoms with E-state index in [1.165, 1.54) is 0 Å². The van der Waals surface area contributed by atoms with Gasteiger partial charge in [-0.1, -0.05) is 28.1 Å². The molecule has 0 saturated carbocycles. The number of alkyl halides is 1. The molecule has 0 unspecified atom stereocenters. The molecule has 1 aromatic heterocycles. The van der Waals surface area contributed by atoms with Gasteiger partial charge in [0, 0.05) is 17.6 Å². The first-order valence-corrected chi connectivity index (χ1v) is 6.13. The zero-order valence-corrected chi connectivity index (χ0v) is 10.5. The second-order valence-corrected chi connectivity index (χ2v) is 3.94. The van der Waals surface area contributed by atoms with Gasteiger partial charge in [0.1, 0.15) is 5.75 Å². The van der Waals surface area contributed by atoms with Crippen LogP contribution in [-0.2, 0) is 5.33 Å². The van der Waals surface area contributed by atoms with Gasteiger partial charge in [0.25, 0.3) is 0 Å². The number of hydrogen-bond donors (Lipinski definition) is 0. The summed E-state index contributed by atoms with van der Waals surface area (Å²) in [4.78, 5) is 4.17. The van der Waals surface area contributed by atoms with Gasteiger partial charge in [0.15, 0.2) is 0 Å². The Bertz CT molecular complexity index is 546. The van der Waals surface area contributed by atoms with Crippen LogP contribution in [0.5, 0.6) is 11.6 Å². The van der Waals surface area contributed by atoms with E-state index >= 15 is 0 Å². The minimum atomic E-state index is 0.518. The van der Waals surface area contributed by atoms with Crippen molar-refractivity contribution in [3.05, 3.63) is 53.7 Å². The molecule has 0 fully saturated rings. The Hall–Kier alpha value is -1.86. The van der Waals surface area contributed by atoms with Crippen molar-refractivity contribution in [2.75, 3.05) is 0 Å². The normalized spacial score (nSPS) is 9.65. The fraction of sp³-hybridized carbons (Fsp3) is 0.0769. The van der Waals surface area contributed by atoms with Crippen LogP contribution in [0.25, 0.3) is 0 Å². The summed E-state index contributed by atoms with van der Waals surface area (Å²) in [5, 5.41) is 9.54. The molecule has 0 amide bonds. The van der Waals surface area contributed by atoms with Crippen LogP contribution >= 0.6 is 15.9 Å². The molecule has 4 heteroatoms. The molecule has 0 atom stereocenters. The minimum absolute atomic E-state index is 0.518. The largest absolute Gasteiger partial charge is 0.439 e. The summed E-state index contributed by atoms with van der Waals surface area (Å²) in [7, 11) is 0. The Morgan fingerprint density at radius 1 is 1.29 bits per heavy atom. The van der Waals surface area contributed by atoms with Gasteiger partial charge in [-0.15, -0.1) is 0 Å². The maximum atomic E-state index is 8.77. The van der Waals surface area contributed by atoms with Crippen LogP contribution in [0.3, 0.4) is 0 Å². The van der Waals surface area contributed by atoms with Gasteiger partial charge in [-0.05, 0) is 23.8 Å². The van der Waals surface area contributed by atoms with E-state index in [2.05, 4.69) is 27.0 Å². The zero-order chi connectivity index (χ0) is 12.1. The summed E-state index contributed by atoms with van der Waals surface area (Å²) < 4.78 is 5.54. The summed E-state index contributed by atoms with van der Waals surface area (Å²) in [5.74, 6) is 1.13. The molecule has 0 spiro atoms. The second-order valence-electron chi connectivity index (χ2n) is 3.38. The fourth-order valence-corrected chi connectivity index (χ4v) is 1.63. The molecule has 3 nitrogen and oxygen atoms in total. The Balaban J connectivity index is 2.16. The highest BCUT2D eigenvalue weighted by atomic mass is 79.9. The highest BCUT2D eigenvalue weighted by molar-refractivity contribution is 9.08. The Morgan fingerprint density at radius 2 is 2.18 bits per heavy atom. The van der Waals surface area contributed by atoms with Crippen molar-refractivity contribution >= 4 is 15.9 Å². The molecule has 0 N–H and O–H groups in total. The average molecular weight is 289 g/mol. The predicted octanol–water partition coefficient (Wildman–Crippen LogP) is 3.64. The van der Waals surface area contributed by atoms with Gasteiger partial charge >= 0.3 is 0 Å². The first kappa shape index (κ1) is 11.6. The van der Waals surface area contributed by atoms with E-state index < -0.39 is 0 Å². The molecular formula is C13H9BrN2O. The molecule has 17 heavy (non-hydrogen) atoms. The van der Waals surface area contributed by atoms with Crippen LogP contribution in [0.4, 0.5) is 0 Å². The van der Waals surface area contributed by atoms with Crippen molar-refractivity contribution in [2.24, 2.45) is 0 Å². The second kappa shape index (κ2) is 5.46. The molecule has 0 saturated heterocycles. The third-order valence-electron chi connectivity index (χ3n) is 2.14. The lowest BCUT2D eigenvalue weighted by molar-refractivity contribution is 0.462. The maximum Gasteiger partial charge on any atom is 0.219 e. The third kappa shape index (κ3) is 3.05. The van der Waals surface area contributed by atoms with Crippen molar-refractivity contribution in [3.63, 3.8) is 0 Å². The quantitative estimate of drug-likeness (QED) is 0.810. The third-order valence-corrected chi connectivity index (χ3v) is 2.78. The maximum absolute atomic E-state index is 8.77. The number of nitrogens with zero attached hydrogens (tertiary/aromatic N) is 2. The van der Waals surface area contributed by atoms with Gasteiger partial charge in [-0.25, -0.2) is 4.98 Å². The molecular weight excluding hydrogens is 280 g/mol. The highest BCUT2D eigenvalue weighted by Gasteiger charge is 2.00. The van der Waals surface area contributed by atoms with E-state index in [0.29, 0.717) is 17.2 Å². The fourth-order valence-electron chi connectivity index (χ4n) is 1.30. The van der Waals surface area contributed by atoms with Crippen molar-refractivity contribution in [1.29, 1.82) is 5.26 Å². The van der Waals surface area contributed by atoms with Crippen LogP contribution in [0.1, 0.15) is 11.1 Å². The first-order chi connectivity index (χ1) is 8.31. The molecule has 0 radical (unpaired) electrons. The monoisotopic (exact) mass is 288 g/mol. The molecule has 2 rings (SSSR count). The van der Waals surface area contributed by atoms with Gasteiger partial charge in [0.2, 0.25) is 5.88 Å². The van der Waals surface area contributed by atoms with Crippen LogP contribution in [-0.4, -0.2) is 4.98 Å².